The van der Waals surface area contributed by atoms with Crippen LogP contribution in [0.2, 0.25) is 0 Å². The van der Waals surface area contributed by atoms with Crippen molar-refractivity contribution in [2.45, 2.75) is 31.5 Å². The number of hydrogen-bond acceptors (Lipinski definition) is 3. The van der Waals surface area contributed by atoms with Crippen LogP contribution >= 0.6 is 15.9 Å². The highest BCUT2D eigenvalue weighted by Crippen LogP contribution is 2.22. The summed E-state index contributed by atoms with van der Waals surface area (Å²) in [4.78, 5) is 22.8. The van der Waals surface area contributed by atoms with Gasteiger partial charge in [0.25, 0.3) is 11.6 Å². The van der Waals surface area contributed by atoms with Crippen LogP contribution in [0, 0.1) is 17.0 Å². The number of nitro groups is 1. The fourth-order valence-corrected chi connectivity index (χ4v) is 1.96. The number of carbonyl (C=O) groups excluding carboxylic acids is 1. The zero-order chi connectivity index (χ0) is 14.4. The van der Waals surface area contributed by atoms with Crippen molar-refractivity contribution in [2.24, 2.45) is 0 Å². The van der Waals surface area contributed by atoms with Gasteiger partial charge < -0.3 is 5.32 Å². The third-order valence-electron chi connectivity index (χ3n) is 2.85. The van der Waals surface area contributed by atoms with E-state index in [9.17, 15) is 14.9 Å². The molecule has 1 unspecified atom stereocenters. The molecule has 0 spiro atoms. The van der Waals surface area contributed by atoms with Gasteiger partial charge in [-0.1, -0.05) is 35.0 Å². The van der Waals surface area contributed by atoms with Gasteiger partial charge in [0.2, 0.25) is 0 Å². The lowest BCUT2D eigenvalue weighted by atomic mass is 10.1. The minimum absolute atomic E-state index is 0.118. The number of hydrogen-bond donors (Lipinski definition) is 1. The number of nitro benzene ring substituents is 1. The van der Waals surface area contributed by atoms with Crippen LogP contribution < -0.4 is 5.32 Å². The number of benzene rings is 1. The predicted molar refractivity (Wildman–Crippen MR) is 77.8 cm³/mol. The second-order valence-corrected chi connectivity index (χ2v) is 5.57. The summed E-state index contributed by atoms with van der Waals surface area (Å²) in [5.41, 5.74) is 0.489. The molecule has 0 radical (unpaired) electrons. The molecular weight excluding hydrogens is 312 g/mol. The van der Waals surface area contributed by atoms with Gasteiger partial charge in [0.1, 0.15) is 5.56 Å². The molecule has 0 fully saturated rings. The molecule has 0 saturated heterocycles. The van der Waals surface area contributed by atoms with Crippen molar-refractivity contribution < 1.29 is 9.72 Å². The molecule has 1 aromatic rings. The smallest absolute Gasteiger partial charge is 0.285 e. The van der Waals surface area contributed by atoms with E-state index >= 15 is 0 Å². The first kappa shape index (κ1) is 15.6. The molecule has 0 saturated carbocycles. The Labute approximate surface area is 120 Å². The Morgan fingerprint density at radius 2 is 2.21 bits per heavy atom. The van der Waals surface area contributed by atoms with Gasteiger partial charge in [-0.15, -0.1) is 0 Å². The Morgan fingerprint density at radius 3 is 2.79 bits per heavy atom. The van der Waals surface area contributed by atoms with Gasteiger partial charge in [-0.05, 0) is 25.8 Å². The maximum absolute atomic E-state index is 12.0. The average Bonchev–Trinajstić information content (AvgIpc) is 2.37. The molecule has 0 aliphatic rings. The second-order valence-electron chi connectivity index (χ2n) is 4.28. The molecule has 1 amide bonds. The van der Waals surface area contributed by atoms with Crippen LogP contribution in [0.1, 0.15) is 35.7 Å². The third-order valence-corrected chi connectivity index (χ3v) is 3.96. The lowest BCUT2D eigenvalue weighted by Gasteiger charge is -2.09. The van der Waals surface area contributed by atoms with E-state index in [1.165, 1.54) is 6.07 Å². The summed E-state index contributed by atoms with van der Waals surface area (Å²) in [5, 5.41) is 13.7. The van der Waals surface area contributed by atoms with Crippen molar-refractivity contribution in [3.63, 3.8) is 0 Å². The van der Waals surface area contributed by atoms with Crippen molar-refractivity contribution in [2.75, 3.05) is 6.54 Å². The lowest BCUT2D eigenvalue weighted by Crippen LogP contribution is -2.26. The number of rotatable bonds is 6. The molecule has 104 valence electrons. The molecule has 0 aromatic heterocycles. The molecule has 6 heteroatoms. The number of carbonyl (C=O) groups is 1. The molecule has 0 heterocycles. The molecule has 1 N–H and O–H groups in total. The molecule has 1 aromatic carbocycles. The van der Waals surface area contributed by atoms with Crippen LogP contribution in [-0.4, -0.2) is 22.2 Å². The van der Waals surface area contributed by atoms with Gasteiger partial charge in [0.05, 0.1) is 4.92 Å². The van der Waals surface area contributed by atoms with Crippen molar-refractivity contribution in [1.29, 1.82) is 0 Å². The Bertz CT molecular complexity index is 477. The van der Waals surface area contributed by atoms with E-state index in [-0.39, 0.29) is 11.3 Å². The van der Waals surface area contributed by atoms with Crippen LogP contribution in [0.5, 0.6) is 0 Å². The molecule has 1 atom stereocenters. The Balaban J connectivity index is 2.77. The van der Waals surface area contributed by atoms with Crippen LogP contribution in [0.15, 0.2) is 18.2 Å². The first-order valence-electron chi connectivity index (χ1n) is 6.13. The van der Waals surface area contributed by atoms with Gasteiger partial charge in [-0.2, -0.15) is 0 Å². The molecule has 19 heavy (non-hydrogen) atoms. The summed E-state index contributed by atoms with van der Waals surface area (Å²) in [6.45, 7) is 4.17. The minimum atomic E-state index is -0.510. The number of alkyl halides is 1. The number of nitrogens with zero attached hydrogens (tertiary/aromatic N) is 1. The average molecular weight is 329 g/mol. The third kappa shape index (κ3) is 4.31. The fraction of sp³-hybridized carbons (Fsp3) is 0.462. The molecule has 0 aliphatic heterocycles. The summed E-state index contributed by atoms with van der Waals surface area (Å²) < 4.78 is 0. The van der Waals surface area contributed by atoms with Crippen molar-refractivity contribution in [3.8, 4) is 0 Å². The molecule has 1 rings (SSSR count). The fourth-order valence-electron chi connectivity index (χ4n) is 1.73. The van der Waals surface area contributed by atoms with Crippen LogP contribution in [0.25, 0.3) is 0 Å². The van der Waals surface area contributed by atoms with Gasteiger partial charge in [0, 0.05) is 16.9 Å². The normalized spacial score (nSPS) is 11.9. The quantitative estimate of drug-likeness (QED) is 0.495. The van der Waals surface area contributed by atoms with E-state index in [0.29, 0.717) is 16.9 Å². The van der Waals surface area contributed by atoms with Crippen molar-refractivity contribution in [1.82, 2.24) is 5.32 Å². The van der Waals surface area contributed by atoms with E-state index in [2.05, 4.69) is 21.2 Å². The van der Waals surface area contributed by atoms with Gasteiger partial charge in [-0.25, -0.2) is 0 Å². The van der Waals surface area contributed by atoms with Gasteiger partial charge >= 0.3 is 0 Å². The zero-order valence-electron chi connectivity index (χ0n) is 11.0. The van der Waals surface area contributed by atoms with Crippen LogP contribution in [0.3, 0.4) is 0 Å². The maximum atomic E-state index is 12.0. The zero-order valence-corrected chi connectivity index (χ0v) is 12.6. The minimum Gasteiger partial charge on any atom is -0.352 e. The highest BCUT2D eigenvalue weighted by atomic mass is 79.9. The summed E-state index contributed by atoms with van der Waals surface area (Å²) in [6.07, 6.45) is 1.77. The topological polar surface area (TPSA) is 72.2 Å². The molecule has 0 aliphatic carbocycles. The standard InChI is InChI=1S/C13H17BrN2O3/c1-3-10(14)7-8-15-13(17)11-6-4-5-9(2)12(11)16(18)19/h4-6,10H,3,7-8H2,1-2H3,(H,15,17). The van der Waals surface area contributed by atoms with Crippen LogP contribution in [-0.2, 0) is 0 Å². The molecule has 0 bridgehead atoms. The Hall–Kier alpha value is -1.43. The largest absolute Gasteiger partial charge is 0.352 e. The highest BCUT2D eigenvalue weighted by molar-refractivity contribution is 9.09. The van der Waals surface area contributed by atoms with E-state index < -0.39 is 10.8 Å². The van der Waals surface area contributed by atoms with Gasteiger partial charge in [0.15, 0.2) is 0 Å². The predicted octanol–water partition coefficient (Wildman–Crippen LogP) is 3.20. The first-order chi connectivity index (χ1) is 8.97. The van der Waals surface area contributed by atoms with Crippen molar-refractivity contribution >= 4 is 27.5 Å². The number of para-hydroxylation sites is 1. The summed E-state index contributed by atoms with van der Waals surface area (Å²) in [5.74, 6) is -0.397. The Morgan fingerprint density at radius 1 is 1.53 bits per heavy atom. The van der Waals surface area contributed by atoms with E-state index in [1.807, 2.05) is 6.92 Å². The van der Waals surface area contributed by atoms with Crippen LogP contribution in [0.4, 0.5) is 5.69 Å². The summed E-state index contributed by atoms with van der Waals surface area (Å²) in [6, 6.07) is 4.75. The highest BCUT2D eigenvalue weighted by Gasteiger charge is 2.21. The SMILES string of the molecule is CCC(Br)CCNC(=O)c1cccc(C)c1[N+](=O)[O-]. The van der Waals surface area contributed by atoms with E-state index in [1.54, 1.807) is 19.1 Å². The number of aryl methyl sites for hydroxylation is 1. The first-order valence-corrected chi connectivity index (χ1v) is 7.05. The number of amides is 1. The summed E-state index contributed by atoms with van der Waals surface area (Å²) in [7, 11) is 0. The summed E-state index contributed by atoms with van der Waals surface area (Å²) >= 11 is 3.47. The monoisotopic (exact) mass is 328 g/mol. The van der Waals surface area contributed by atoms with Crippen molar-refractivity contribution in [3.05, 3.63) is 39.4 Å². The number of nitrogens with one attached hydrogen (secondary N) is 1. The Kier molecular flexibility index (Phi) is 5.95. The van der Waals surface area contributed by atoms with Gasteiger partial charge in [-0.3, -0.25) is 14.9 Å². The maximum Gasteiger partial charge on any atom is 0.285 e. The van der Waals surface area contributed by atoms with E-state index in [0.717, 1.165) is 12.8 Å². The lowest BCUT2D eigenvalue weighted by molar-refractivity contribution is -0.385. The van der Waals surface area contributed by atoms with E-state index in [4.69, 9.17) is 0 Å². The molecule has 5 nitrogen and oxygen atoms in total. The molecular formula is C13H17BrN2O3. The number of halogens is 1. The second kappa shape index (κ2) is 7.23.